The molecule has 2 aromatic rings. The van der Waals surface area contributed by atoms with E-state index in [9.17, 15) is 0 Å². The molecule has 0 saturated heterocycles. The zero-order valence-electron chi connectivity index (χ0n) is 10.8. The molecule has 0 aliphatic heterocycles. The lowest BCUT2D eigenvalue weighted by Crippen LogP contribution is -2.28. The second-order valence-corrected chi connectivity index (χ2v) is 5.33. The summed E-state index contributed by atoms with van der Waals surface area (Å²) in [6.45, 7) is 3.27. The summed E-state index contributed by atoms with van der Waals surface area (Å²) >= 11 is 1.67. The Labute approximate surface area is 113 Å². The van der Waals surface area contributed by atoms with Gasteiger partial charge in [-0.25, -0.2) is 4.98 Å². The smallest absolute Gasteiger partial charge is 0.0794 e. The summed E-state index contributed by atoms with van der Waals surface area (Å²) in [7, 11) is 0. The summed E-state index contributed by atoms with van der Waals surface area (Å²) in [5.74, 6) is 0. The first kappa shape index (κ1) is 13.2. The van der Waals surface area contributed by atoms with Crippen LogP contribution >= 0.6 is 11.3 Å². The largest absolute Gasteiger partial charge is 0.314 e. The number of aryl methyl sites for hydroxylation is 1. The van der Waals surface area contributed by atoms with Crippen molar-refractivity contribution in [2.45, 2.75) is 32.2 Å². The molecule has 1 unspecified atom stereocenters. The first-order chi connectivity index (χ1) is 8.84. The fourth-order valence-corrected chi connectivity index (χ4v) is 2.53. The summed E-state index contributed by atoms with van der Waals surface area (Å²) in [5.41, 5.74) is 4.52. The predicted octanol–water partition coefficient (Wildman–Crippen LogP) is 3.30. The minimum Gasteiger partial charge on any atom is -0.314 e. The van der Waals surface area contributed by atoms with Crippen molar-refractivity contribution in [3.63, 3.8) is 0 Å². The Bertz CT molecular complexity index is 425. The lowest BCUT2D eigenvalue weighted by atomic mass is 10.1. The molecule has 1 heterocycles. The SMILES string of the molecule is CC(CCc1ccccc1)NCCc1cscn1. The number of hydrogen-bond donors (Lipinski definition) is 1. The molecule has 2 nitrogen and oxygen atoms in total. The first-order valence-corrected chi connectivity index (χ1v) is 7.43. The number of benzene rings is 1. The molecule has 0 spiro atoms. The van der Waals surface area contributed by atoms with Gasteiger partial charge in [-0.05, 0) is 25.3 Å². The summed E-state index contributed by atoms with van der Waals surface area (Å²) < 4.78 is 0. The normalized spacial score (nSPS) is 12.5. The van der Waals surface area contributed by atoms with Gasteiger partial charge in [-0.1, -0.05) is 30.3 Å². The van der Waals surface area contributed by atoms with Crippen molar-refractivity contribution in [1.82, 2.24) is 10.3 Å². The third kappa shape index (κ3) is 4.59. The number of nitrogens with one attached hydrogen (secondary N) is 1. The zero-order chi connectivity index (χ0) is 12.6. The monoisotopic (exact) mass is 260 g/mol. The van der Waals surface area contributed by atoms with Crippen molar-refractivity contribution >= 4 is 11.3 Å². The number of thiazole rings is 1. The molecule has 2 rings (SSSR count). The Hall–Kier alpha value is -1.19. The van der Waals surface area contributed by atoms with Crippen LogP contribution in [0.25, 0.3) is 0 Å². The molecule has 1 aromatic carbocycles. The number of nitrogens with zero attached hydrogens (tertiary/aromatic N) is 1. The van der Waals surface area contributed by atoms with Crippen LogP contribution in [0, 0.1) is 0 Å². The molecule has 1 N–H and O–H groups in total. The quantitative estimate of drug-likeness (QED) is 0.826. The molecule has 18 heavy (non-hydrogen) atoms. The molecule has 0 aliphatic carbocycles. The van der Waals surface area contributed by atoms with Crippen LogP contribution in [0.1, 0.15) is 24.6 Å². The lowest BCUT2D eigenvalue weighted by molar-refractivity contribution is 0.516. The van der Waals surface area contributed by atoms with Gasteiger partial charge in [0.05, 0.1) is 11.2 Å². The Balaban J connectivity index is 1.62. The van der Waals surface area contributed by atoms with Crippen LogP contribution in [-0.4, -0.2) is 17.6 Å². The molecule has 0 amide bonds. The zero-order valence-corrected chi connectivity index (χ0v) is 11.6. The molecule has 0 radical (unpaired) electrons. The van der Waals surface area contributed by atoms with E-state index >= 15 is 0 Å². The van der Waals surface area contributed by atoms with Gasteiger partial charge < -0.3 is 5.32 Å². The molecular formula is C15H20N2S. The van der Waals surface area contributed by atoms with E-state index in [4.69, 9.17) is 0 Å². The summed E-state index contributed by atoms with van der Waals surface area (Å²) in [4.78, 5) is 4.29. The Morgan fingerprint density at radius 2 is 2.06 bits per heavy atom. The van der Waals surface area contributed by atoms with E-state index in [1.807, 2.05) is 5.51 Å². The van der Waals surface area contributed by atoms with Gasteiger partial charge in [-0.3, -0.25) is 0 Å². The van der Waals surface area contributed by atoms with Gasteiger partial charge in [0.2, 0.25) is 0 Å². The van der Waals surface area contributed by atoms with Crippen LogP contribution in [0.4, 0.5) is 0 Å². The van der Waals surface area contributed by atoms with Gasteiger partial charge >= 0.3 is 0 Å². The average molecular weight is 260 g/mol. The standard InChI is InChI=1S/C15H20N2S/c1-13(7-8-14-5-3-2-4-6-14)16-10-9-15-11-18-12-17-15/h2-6,11-13,16H,7-10H2,1H3. The second-order valence-electron chi connectivity index (χ2n) is 4.61. The minimum atomic E-state index is 0.559. The Morgan fingerprint density at radius 1 is 1.22 bits per heavy atom. The summed E-state index contributed by atoms with van der Waals surface area (Å²) in [6, 6.07) is 11.2. The van der Waals surface area contributed by atoms with Crippen LogP contribution in [0.5, 0.6) is 0 Å². The molecule has 1 atom stereocenters. The molecular weight excluding hydrogens is 240 g/mol. The van der Waals surface area contributed by atoms with Crippen LogP contribution in [-0.2, 0) is 12.8 Å². The van der Waals surface area contributed by atoms with Crippen LogP contribution < -0.4 is 5.32 Å². The topological polar surface area (TPSA) is 24.9 Å². The van der Waals surface area contributed by atoms with Gasteiger partial charge in [0, 0.05) is 24.4 Å². The molecule has 0 bridgehead atoms. The van der Waals surface area contributed by atoms with Crippen LogP contribution in [0.15, 0.2) is 41.2 Å². The summed E-state index contributed by atoms with van der Waals surface area (Å²) in [6.07, 6.45) is 3.35. The molecule has 1 aromatic heterocycles. The fraction of sp³-hybridized carbons (Fsp3) is 0.400. The Morgan fingerprint density at radius 3 is 2.78 bits per heavy atom. The van der Waals surface area contributed by atoms with Gasteiger partial charge in [-0.15, -0.1) is 11.3 Å². The first-order valence-electron chi connectivity index (χ1n) is 6.49. The molecule has 0 saturated carbocycles. The minimum absolute atomic E-state index is 0.559. The maximum absolute atomic E-state index is 4.29. The van der Waals surface area contributed by atoms with Gasteiger partial charge in [0.1, 0.15) is 0 Å². The van der Waals surface area contributed by atoms with E-state index in [1.165, 1.54) is 17.7 Å². The van der Waals surface area contributed by atoms with Crippen molar-refractivity contribution in [3.8, 4) is 0 Å². The van der Waals surface area contributed by atoms with E-state index in [-0.39, 0.29) is 0 Å². The molecule has 0 aliphatic rings. The highest BCUT2D eigenvalue weighted by molar-refractivity contribution is 7.07. The fourth-order valence-electron chi connectivity index (χ4n) is 1.94. The van der Waals surface area contributed by atoms with Crippen LogP contribution in [0.3, 0.4) is 0 Å². The third-order valence-electron chi connectivity index (χ3n) is 3.07. The maximum atomic E-state index is 4.29. The molecule has 96 valence electrons. The van der Waals surface area contributed by atoms with Crippen LogP contribution in [0.2, 0.25) is 0 Å². The summed E-state index contributed by atoms with van der Waals surface area (Å²) in [5, 5.41) is 5.68. The van der Waals surface area contributed by atoms with E-state index in [2.05, 4.69) is 52.9 Å². The highest BCUT2D eigenvalue weighted by Crippen LogP contribution is 2.05. The number of aromatic nitrogens is 1. The highest BCUT2D eigenvalue weighted by atomic mass is 32.1. The van der Waals surface area contributed by atoms with E-state index in [0.29, 0.717) is 6.04 Å². The second kappa shape index (κ2) is 7.29. The number of hydrogen-bond acceptors (Lipinski definition) is 3. The predicted molar refractivity (Wildman–Crippen MR) is 78.0 cm³/mol. The van der Waals surface area contributed by atoms with Gasteiger partial charge in [0.25, 0.3) is 0 Å². The van der Waals surface area contributed by atoms with E-state index < -0.39 is 0 Å². The lowest BCUT2D eigenvalue weighted by Gasteiger charge is -2.13. The third-order valence-corrected chi connectivity index (χ3v) is 3.70. The van der Waals surface area contributed by atoms with E-state index in [0.717, 1.165) is 19.4 Å². The number of rotatable bonds is 7. The van der Waals surface area contributed by atoms with Gasteiger partial charge in [-0.2, -0.15) is 0 Å². The van der Waals surface area contributed by atoms with Crippen molar-refractivity contribution < 1.29 is 0 Å². The van der Waals surface area contributed by atoms with Crippen molar-refractivity contribution in [3.05, 3.63) is 52.5 Å². The highest BCUT2D eigenvalue weighted by Gasteiger charge is 2.02. The van der Waals surface area contributed by atoms with Crippen molar-refractivity contribution in [2.24, 2.45) is 0 Å². The van der Waals surface area contributed by atoms with Gasteiger partial charge in [0.15, 0.2) is 0 Å². The van der Waals surface area contributed by atoms with Crippen molar-refractivity contribution in [2.75, 3.05) is 6.54 Å². The molecule has 0 fully saturated rings. The Kier molecular flexibility index (Phi) is 5.36. The molecule has 3 heteroatoms. The van der Waals surface area contributed by atoms with E-state index in [1.54, 1.807) is 11.3 Å². The van der Waals surface area contributed by atoms with Crippen molar-refractivity contribution in [1.29, 1.82) is 0 Å². The average Bonchev–Trinajstić information content (AvgIpc) is 2.91. The maximum Gasteiger partial charge on any atom is 0.0794 e.